The van der Waals surface area contributed by atoms with E-state index in [4.69, 9.17) is 26.8 Å². The highest BCUT2D eigenvalue weighted by atomic mass is 35.5. The van der Waals surface area contributed by atoms with Gasteiger partial charge in [0, 0.05) is 16.8 Å². The van der Waals surface area contributed by atoms with Gasteiger partial charge >= 0.3 is 0 Å². The van der Waals surface area contributed by atoms with Crippen molar-refractivity contribution in [3.05, 3.63) is 53.6 Å². The lowest BCUT2D eigenvalue weighted by Crippen LogP contribution is -2.25. The molecular formula is C15H16ClNO3. The van der Waals surface area contributed by atoms with Gasteiger partial charge in [-0.2, -0.15) is 0 Å². The Bertz CT molecular complexity index is 513. The standard InChI is InChI=1S/C15H16ClNO3/c16-11-3-1-5-14(7-11)19-9-13(18)10-20-15-6-2-4-12(17)8-15/h1-8,13,18H,9-10,17H2. The number of hydrogen-bond donors (Lipinski definition) is 2. The van der Waals surface area contributed by atoms with Crippen LogP contribution in [0.4, 0.5) is 5.69 Å². The van der Waals surface area contributed by atoms with Crippen molar-refractivity contribution in [2.45, 2.75) is 6.10 Å². The van der Waals surface area contributed by atoms with Crippen molar-refractivity contribution in [1.82, 2.24) is 0 Å². The zero-order valence-corrected chi connectivity index (χ0v) is 11.6. The number of aliphatic hydroxyl groups is 1. The van der Waals surface area contributed by atoms with Crippen LogP contribution in [0, 0.1) is 0 Å². The minimum atomic E-state index is -0.740. The highest BCUT2D eigenvalue weighted by Crippen LogP contribution is 2.17. The molecule has 20 heavy (non-hydrogen) atoms. The molecule has 1 unspecified atom stereocenters. The number of halogens is 1. The number of benzene rings is 2. The van der Waals surface area contributed by atoms with Crippen molar-refractivity contribution < 1.29 is 14.6 Å². The third kappa shape index (κ3) is 4.64. The van der Waals surface area contributed by atoms with Crippen LogP contribution >= 0.6 is 11.6 Å². The molecule has 0 spiro atoms. The van der Waals surface area contributed by atoms with Crippen LogP contribution in [-0.2, 0) is 0 Å². The molecule has 4 nitrogen and oxygen atoms in total. The minimum Gasteiger partial charge on any atom is -0.491 e. The van der Waals surface area contributed by atoms with Crippen molar-refractivity contribution >= 4 is 17.3 Å². The highest BCUT2D eigenvalue weighted by molar-refractivity contribution is 6.30. The molecule has 0 fully saturated rings. The van der Waals surface area contributed by atoms with Gasteiger partial charge in [-0.05, 0) is 30.3 Å². The Morgan fingerprint density at radius 1 is 1.00 bits per heavy atom. The number of aliphatic hydroxyl groups excluding tert-OH is 1. The predicted molar refractivity (Wildman–Crippen MR) is 79.3 cm³/mol. The average Bonchev–Trinajstić information content (AvgIpc) is 2.43. The van der Waals surface area contributed by atoms with Crippen molar-refractivity contribution in [3.63, 3.8) is 0 Å². The van der Waals surface area contributed by atoms with Gasteiger partial charge in [-0.25, -0.2) is 0 Å². The second-order valence-corrected chi connectivity index (χ2v) is 4.74. The molecule has 106 valence electrons. The van der Waals surface area contributed by atoms with Crippen LogP contribution in [-0.4, -0.2) is 24.4 Å². The number of nitrogen functional groups attached to an aromatic ring is 1. The highest BCUT2D eigenvalue weighted by Gasteiger charge is 2.07. The fourth-order valence-corrected chi connectivity index (χ4v) is 1.77. The van der Waals surface area contributed by atoms with Gasteiger partial charge in [0.1, 0.15) is 30.8 Å². The molecule has 2 aromatic rings. The first kappa shape index (κ1) is 14.5. The Balaban J connectivity index is 1.77. The van der Waals surface area contributed by atoms with E-state index in [1.54, 1.807) is 48.5 Å². The van der Waals surface area contributed by atoms with Gasteiger partial charge in [-0.3, -0.25) is 0 Å². The molecule has 0 saturated heterocycles. The predicted octanol–water partition coefficient (Wildman–Crippen LogP) is 2.74. The normalized spacial score (nSPS) is 11.9. The third-order valence-electron chi connectivity index (χ3n) is 2.54. The SMILES string of the molecule is Nc1cccc(OCC(O)COc2cccc(Cl)c2)c1. The summed E-state index contributed by atoms with van der Waals surface area (Å²) in [5.41, 5.74) is 6.25. The monoisotopic (exact) mass is 293 g/mol. The van der Waals surface area contributed by atoms with Crippen molar-refractivity contribution in [2.24, 2.45) is 0 Å². The molecular weight excluding hydrogens is 278 g/mol. The van der Waals surface area contributed by atoms with Crippen molar-refractivity contribution in [2.75, 3.05) is 18.9 Å². The molecule has 0 saturated carbocycles. The van der Waals surface area contributed by atoms with Crippen LogP contribution in [0.2, 0.25) is 5.02 Å². The first-order chi connectivity index (χ1) is 9.63. The summed E-state index contributed by atoms with van der Waals surface area (Å²) in [7, 11) is 0. The van der Waals surface area contributed by atoms with Gasteiger partial charge in [0.2, 0.25) is 0 Å². The van der Waals surface area contributed by atoms with Crippen LogP contribution in [0.25, 0.3) is 0 Å². The lowest BCUT2D eigenvalue weighted by molar-refractivity contribution is 0.0627. The molecule has 0 radical (unpaired) electrons. The molecule has 2 aromatic carbocycles. The van der Waals surface area contributed by atoms with Crippen LogP contribution in [0.15, 0.2) is 48.5 Å². The molecule has 0 aromatic heterocycles. The van der Waals surface area contributed by atoms with E-state index in [1.807, 2.05) is 0 Å². The van der Waals surface area contributed by atoms with Crippen LogP contribution < -0.4 is 15.2 Å². The van der Waals surface area contributed by atoms with E-state index < -0.39 is 6.10 Å². The summed E-state index contributed by atoms with van der Waals surface area (Å²) in [6, 6.07) is 14.0. The van der Waals surface area contributed by atoms with E-state index in [0.717, 1.165) is 0 Å². The van der Waals surface area contributed by atoms with Crippen LogP contribution in [0.3, 0.4) is 0 Å². The molecule has 3 N–H and O–H groups in total. The maximum absolute atomic E-state index is 9.80. The van der Waals surface area contributed by atoms with Crippen molar-refractivity contribution in [1.29, 1.82) is 0 Å². The van der Waals surface area contributed by atoms with Gasteiger partial charge in [0.15, 0.2) is 0 Å². The number of ether oxygens (including phenoxy) is 2. The molecule has 0 aliphatic rings. The quantitative estimate of drug-likeness (QED) is 0.804. The summed E-state index contributed by atoms with van der Waals surface area (Å²) in [4.78, 5) is 0. The van der Waals surface area contributed by atoms with Gasteiger partial charge in [-0.15, -0.1) is 0 Å². The average molecular weight is 294 g/mol. The summed E-state index contributed by atoms with van der Waals surface area (Å²) >= 11 is 5.84. The Morgan fingerprint density at radius 2 is 1.60 bits per heavy atom. The van der Waals surface area contributed by atoms with Gasteiger partial charge in [0.05, 0.1) is 0 Å². The second kappa shape index (κ2) is 7.03. The van der Waals surface area contributed by atoms with E-state index in [2.05, 4.69) is 0 Å². The lowest BCUT2D eigenvalue weighted by Gasteiger charge is -2.14. The Morgan fingerprint density at radius 3 is 2.20 bits per heavy atom. The number of rotatable bonds is 6. The van der Waals surface area contributed by atoms with Crippen molar-refractivity contribution in [3.8, 4) is 11.5 Å². The number of nitrogens with two attached hydrogens (primary N) is 1. The molecule has 0 aliphatic carbocycles. The first-order valence-corrected chi connectivity index (χ1v) is 6.56. The molecule has 0 aliphatic heterocycles. The van der Waals surface area contributed by atoms with Gasteiger partial charge in [0.25, 0.3) is 0 Å². The van der Waals surface area contributed by atoms with Crippen LogP contribution in [0.5, 0.6) is 11.5 Å². The maximum Gasteiger partial charge on any atom is 0.122 e. The fourth-order valence-electron chi connectivity index (χ4n) is 1.59. The number of anilines is 1. The zero-order chi connectivity index (χ0) is 14.4. The summed E-state index contributed by atoms with van der Waals surface area (Å²) in [5, 5.41) is 10.4. The smallest absolute Gasteiger partial charge is 0.122 e. The van der Waals surface area contributed by atoms with E-state index in [-0.39, 0.29) is 13.2 Å². The Labute approximate surface area is 122 Å². The van der Waals surface area contributed by atoms with E-state index >= 15 is 0 Å². The second-order valence-electron chi connectivity index (χ2n) is 4.31. The Kier molecular flexibility index (Phi) is 5.09. The Hall–Kier alpha value is -1.91. The summed E-state index contributed by atoms with van der Waals surface area (Å²) in [6.45, 7) is 0.257. The van der Waals surface area contributed by atoms with E-state index in [0.29, 0.717) is 22.2 Å². The van der Waals surface area contributed by atoms with E-state index in [1.165, 1.54) is 0 Å². The fraction of sp³-hybridized carbons (Fsp3) is 0.200. The third-order valence-corrected chi connectivity index (χ3v) is 2.77. The first-order valence-electron chi connectivity index (χ1n) is 6.18. The largest absolute Gasteiger partial charge is 0.491 e. The molecule has 2 rings (SSSR count). The van der Waals surface area contributed by atoms with E-state index in [9.17, 15) is 5.11 Å². The molecule has 0 heterocycles. The summed E-state index contributed by atoms with van der Waals surface area (Å²) in [6.07, 6.45) is -0.740. The van der Waals surface area contributed by atoms with Crippen LogP contribution in [0.1, 0.15) is 0 Å². The zero-order valence-electron chi connectivity index (χ0n) is 10.8. The van der Waals surface area contributed by atoms with Gasteiger partial charge in [-0.1, -0.05) is 23.7 Å². The molecule has 5 heteroatoms. The topological polar surface area (TPSA) is 64.7 Å². The maximum atomic E-state index is 9.80. The van der Waals surface area contributed by atoms with Gasteiger partial charge < -0.3 is 20.3 Å². The lowest BCUT2D eigenvalue weighted by atomic mass is 10.3. The summed E-state index contributed by atoms with van der Waals surface area (Å²) in [5.74, 6) is 1.23. The summed E-state index contributed by atoms with van der Waals surface area (Å²) < 4.78 is 10.8. The molecule has 0 amide bonds. The molecule has 0 bridgehead atoms. The minimum absolute atomic E-state index is 0.128. The molecule has 1 atom stereocenters. The number of hydrogen-bond acceptors (Lipinski definition) is 4.